The number of anilines is 2. The van der Waals surface area contributed by atoms with E-state index in [1.807, 2.05) is 0 Å². The fourth-order valence-electron chi connectivity index (χ4n) is 1.43. The maximum atomic E-state index is 12.6. The summed E-state index contributed by atoms with van der Waals surface area (Å²) in [6.45, 7) is 0. The summed E-state index contributed by atoms with van der Waals surface area (Å²) in [6, 6.07) is 2.48. The minimum atomic E-state index is -4.56. The van der Waals surface area contributed by atoms with Gasteiger partial charge in [0.25, 0.3) is 11.9 Å². The van der Waals surface area contributed by atoms with E-state index in [-0.39, 0.29) is 17.2 Å². The molecule has 0 aliphatic heterocycles. The predicted octanol–water partition coefficient (Wildman–Crippen LogP) is 1.06. The molecule has 2 rings (SSSR count). The Bertz CT molecular complexity index is 651. The summed E-state index contributed by atoms with van der Waals surface area (Å²) in [5.41, 5.74) is 4.14. The Morgan fingerprint density at radius 3 is 2.65 bits per heavy atom. The SMILES string of the molecule is Cn1nnc(NC(=O)c2cc(C(F)(F)F)ccc2N)n1. The Morgan fingerprint density at radius 2 is 2.10 bits per heavy atom. The molecular formula is C10H9F3N6O. The van der Waals surface area contributed by atoms with Crippen LogP contribution in [0.2, 0.25) is 0 Å². The highest BCUT2D eigenvalue weighted by Gasteiger charge is 2.31. The summed E-state index contributed by atoms with van der Waals surface area (Å²) in [4.78, 5) is 12.9. The molecule has 0 spiro atoms. The molecule has 0 unspecified atom stereocenters. The summed E-state index contributed by atoms with van der Waals surface area (Å²) in [7, 11) is 1.47. The zero-order chi connectivity index (χ0) is 14.9. The standard InChI is InChI=1S/C10H9F3N6O/c1-19-17-9(16-18-19)15-8(20)6-4-5(10(11,12)13)2-3-7(6)14/h2-4H,14H2,1H3,(H,15,17,20). The number of carbonyl (C=O) groups excluding carboxylic acids is 1. The van der Waals surface area contributed by atoms with Gasteiger partial charge in [-0.15, -0.1) is 5.10 Å². The van der Waals surface area contributed by atoms with Gasteiger partial charge in [0.1, 0.15) is 0 Å². The minimum absolute atomic E-state index is 0.0839. The van der Waals surface area contributed by atoms with E-state index in [0.29, 0.717) is 6.07 Å². The van der Waals surface area contributed by atoms with Gasteiger partial charge in [0.15, 0.2) is 0 Å². The second-order valence-corrected chi connectivity index (χ2v) is 3.86. The number of amides is 1. The Balaban J connectivity index is 2.29. The summed E-state index contributed by atoms with van der Waals surface area (Å²) in [5, 5.41) is 12.8. The molecule has 0 radical (unpaired) electrons. The summed E-state index contributed by atoms with van der Waals surface area (Å²) >= 11 is 0. The van der Waals surface area contributed by atoms with Crippen molar-refractivity contribution >= 4 is 17.5 Å². The Hall–Kier alpha value is -2.65. The molecule has 1 heterocycles. The molecule has 10 heteroatoms. The molecule has 1 aromatic carbocycles. The number of rotatable bonds is 2. The third-order valence-corrected chi connectivity index (χ3v) is 2.36. The van der Waals surface area contributed by atoms with Crippen LogP contribution in [0.1, 0.15) is 15.9 Å². The molecule has 0 atom stereocenters. The Kier molecular flexibility index (Phi) is 3.30. The molecule has 1 amide bonds. The van der Waals surface area contributed by atoms with Crippen molar-refractivity contribution < 1.29 is 18.0 Å². The quantitative estimate of drug-likeness (QED) is 0.804. The van der Waals surface area contributed by atoms with Crippen LogP contribution in [0.3, 0.4) is 0 Å². The molecule has 0 bridgehead atoms. The van der Waals surface area contributed by atoms with Crippen molar-refractivity contribution in [3.63, 3.8) is 0 Å². The van der Waals surface area contributed by atoms with Crippen LogP contribution in [0.4, 0.5) is 24.8 Å². The Morgan fingerprint density at radius 1 is 1.40 bits per heavy atom. The molecule has 106 valence electrons. The number of nitrogens with one attached hydrogen (secondary N) is 1. The van der Waals surface area contributed by atoms with Crippen LogP contribution in [0.5, 0.6) is 0 Å². The molecule has 7 nitrogen and oxygen atoms in total. The number of aromatic nitrogens is 4. The number of carbonyl (C=O) groups is 1. The van der Waals surface area contributed by atoms with Crippen LogP contribution < -0.4 is 11.1 Å². The van der Waals surface area contributed by atoms with E-state index < -0.39 is 17.6 Å². The lowest BCUT2D eigenvalue weighted by Crippen LogP contribution is -2.17. The molecule has 0 saturated carbocycles. The minimum Gasteiger partial charge on any atom is -0.398 e. The van der Waals surface area contributed by atoms with E-state index in [2.05, 4.69) is 20.7 Å². The van der Waals surface area contributed by atoms with Crippen LogP contribution in [-0.2, 0) is 13.2 Å². The molecule has 2 aromatic rings. The molecule has 20 heavy (non-hydrogen) atoms. The number of nitrogens with two attached hydrogens (primary N) is 1. The lowest BCUT2D eigenvalue weighted by Gasteiger charge is -2.10. The normalized spacial score (nSPS) is 11.4. The number of aryl methyl sites for hydroxylation is 1. The molecule has 0 aliphatic carbocycles. The lowest BCUT2D eigenvalue weighted by atomic mass is 10.1. The first-order chi connectivity index (χ1) is 9.27. The maximum absolute atomic E-state index is 12.6. The van der Waals surface area contributed by atoms with E-state index in [1.165, 1.54) is 7.05 Å². The van der Waals surface area contributed by atoms with Gasteiger partial charge in [-0.3, -0.25) is 10.1 Å². The molecule has 0 saturated heterocycles. The smallest absolute Gasteiger partial charge is 0.398 e. The molecule has 0 fully saturated rings. The van der Waals surface area contributed by atoms with Crippen molar-refractivity contribution in [2.75, 3.05) is 11.1 Å². The van der Waals surface area contributed by atoms with Gasteiger partial charge in [-0.2, -0.15) is 18.0 Å². The zero-order valence-corrected chi connectivity index (χ0v) is 10.1. The van der Waals surface area contributed by atoms with Gasteiger partial charge in [-0.1, -0.05) is 5.10 Å². The van der Waals surface area contributed by atoms with Crippen molar-refractivity contribution in [2.45, 2.75) is 6.18 Å². The summed E-state index contributed by atoms with van der Waals surface area (Å²) < 4.78 is 37.7. The van der Waals surface area contributed by atoms with Crippen LogP contribution >= 0.6 is 0 Å². The van der Waals surface area contributed by atoms with Crippen LogP contribution in [0.25, 0.3) is 0 Å². The number of hydrogen-bond donors (Lipinski definition) is 2. The summed E-state index contributed by atoms with van der Waals surface area (Å²) in [6.07, 6.45) is -4.56. The van der Waals surface area contributed by atoms with Gasteiger partial charge in [-0.25, -0.2) is 0 Å². The van der Waals surface area contributed by atoms with E-state index in [4.69, 9.17) is 5.73 Å². The number of nitrogen functional groups attached to an aromatic ring is 1. The third kappa shape index (κ3) is 2.84. The largest absolute Gasteiger partial charge is 0.416 e. The molecule has 0 aliphatic rings. The number of halogens is 3. The number of benzene rings is 1. The van der Waals surface area contributed by atoms with Crippen molar-refractivity contribution in [3.8, 4) is 0 Å². The number of alkyl halides is 3. The number of nitrogens with zero attached hydrogens (tertiary/aromatic N) is 4. The van der Waals surface area contributed by atoms with Crippen molar-refractivity contribution in [2.24, 2.45) is 7.05 Å². The first kappa shape index (κ1) is 13.8. The van der Waals surface area contributed by atoms with E-state index in [1.54, 1.807) is 0 Å². The third-order valence-electron chi connectivity index (χ3n) is 2.36. The zero-order valence-electron chi connectivity index (χ0n) is 10.1. The molecule has 3 N–H and O–H groups in total. The van der Waals surface area contributed by atoms with Crippen molar-refractivity contribution in [1.29, 1.82) is 0 Å². The average Bonchev–Trinajstić information content (AvgIpc) is 2.73. The fraction of sp³-hybridized carbons (Fsp3) is 0.200. The van der Waals surface area contributed by atoms with Crippen molar-refractivity contribution in [1.82, 2.24) is 20.2 Å². The van der Waals surface area contributed by atoms with E-state index in [0.717, 1.165) is 16.9 Å². The number of tetrazole rings is 1. The highest BCUT2D eigenvalue weighted by molar-refractivity contribution is 6.07. The first-order valence-corrected chi connectivity index (χ1v) is 5.29. The van der Waals surface area contributed by atoms with Gasteiger partial charge in [0.2, 0.25) is 0 Å². The highest BCUT2D eigenvalue weighted by Crippen LogP contribution is 2.31. The van der Waals surface area contributed by atoms with Crippen LogP contribution in [0, 0.1) is 0 Å². The lowest BCUT2D eigenvalue weighted by molar-refractivity contribution is -0.137. The summed E-state index contributed by atoms with van der Waals surface area (Å²) in [5.74, 6) is -0.976. The molecule has 1 aromatic heterocycles. The van der Waals surface area contributed by atoms with Gasteiger partial charge >= 0.3 is 6.18 Å². The second-order valence-electron chi connectivity index (χ2n) is 3.86. The first-order valence-electron chi connectivity index (χ1n) is 5.29. The fourth-order valence-corrected chi connectivity index (χ4v) is 1.43. The average molecular weight is 286 g/mol. The monoisotopic (exact) mass is 286 g/mol. The topological polar surface area (TPSA) is 98.7 Å². The van der Waals surface area contributed by atoms with E-state index >= 15 is 0 Å². The second kappa shape index (κ2) is 4.79. The maximum Gasteiger partial charge on any atom is 0.416 e. The number of hydrogen-bond acceptors (Lipinski definition) is 5. The Labute approximate surface area is 110 Å². The van der Waals surface area contributed by atoms with Crippen molar-refractivity contribution in [3.05, 3.63) is 29.3 Å². The van der Waals surface area contributed by atoms with Gasteiger partial charge in [0.05, 0.1) is 18.2 Å². The van der Waals surface area contributed by atoms with Gasteiger partial charge < -0.3 is 5.73 Å². The van der Waals surface area contributed by atoms with E-state index in [9.17, 15) is 18.0 Å². The van der Waals surface area contributed by atoms with Crippen LogP contribution in [-0.4, -0.2) is 26.1 Å². The predicted molar refractivity (Wildman–Crippen MR) is 62.6 cm³/mol. The molecular weight excluding hydrogens is 277 g/mol. The van der Waals surface area contributed by atoms with Crippen LogP contribution in [0.15, 0.2) is 18.2 Å². The van der Waals surface area contributed by atoms with Gasteiger partial charge in [-0.05, 0) is 23.4 Å². The highest BCUT2D eigenvalue weighted by atomic mass is 19.4. The van der Waals surface area contributed by atoms with Gasteiger partial charge in [0, 0.05) is 5.69 Å².